The van der Waals surface area contributed by atoms with Gasteiger partial charge in [-0.2, -0.15) is 0 Å². The van der Waals surface area contributed by atoms with Gasteiger partial charge in [0.05, 0.1) is 0 Å². The summed E-state index contributed by atoms with van der Waals surface area (Å²) in [7, 11) is 0. The minimum Gasteiger partial charge on any atom is -0.502 e. The van der Waals surface area contributed by atoms with Gasteiger partial charge in [-0.3, -0.25) is 4.79 Å². The van der Waals surface area contributed by atoms with Crippen molar-refractivity contribution >= 4 is 5.97 Å². The molecular formula is C24H42O4. The SMILES string of the molecule is CCCCCCCCCCCCCCCCC(=O)Oc1c(CC)oc(C)c1O. The molecule has 4 heteroatoms. The molecule has 0 saturated heterocycles. The Balaban J connectivity index is 1.95. The Hall–Kier alpha value is -1.45. The normalized spacial score (nSPS) is 11.1. The van der Waals surface area contributed by atoms with Crippen molar-refractivity contribution in [3.63, 3.8) is 0 Å². The van der Waals surface area contributed by atoms with E-state index in [2.05, 4.69) is 6.92 Å². The van der Waals surface area contributed by atoms with Crippen LogP contribution in [0.2, 0.25) is 0 Å². The number of furan rings is 1. The average molecular weight is 395 g/mol. The molecule has 0 amide bonds. The second-order valence-corrected chi connectivity index (χ2v) is 7.93. The third-order valence-corrected chi connectivity index (χ3v) is 5.35. The Morgan fingerprint density at radius 3 is 1.75 bits per heavy atom. The molecule has 0 radical (unpaired) electrons. The number of ether oxygens (including phenoxy) is 1. The van der Waals surface area contributed by atoms with Crippen molar-refractivity contribution in [2.75, 3.05) is 0 Å². The summed E-state index contributed by atoms with van der Waals surface area (Å²) in [6.07, 6.45) is 19.1. The lowest BCUT2D eigenvalue weighted by molar-refractivity contribution is -0.134. The van der Waals surface area contributed by atoms with Gasteiger partial charge in [0, 0.05) is 12.8 Å². The number of carbonyl (C=O) groups is 1. The highest BCUT2D eigenvalue weighted by molar-refractivity contribution is 5.73. The summed E-state index contributed by atoms with van der Waals surface area (Å²) in [5.74, 6) is 0.798. The van der Waals surface area contributed by atoms with E-state index in [1.165, 1.54) is 77.0 Å². The lowest BCUT2D eigenvalue weighted by Crippen LogP contribution is -2.08. The molecule has 1 rings (SSSR count). The molecular weight excluding hydrogens is 352 g/mol. The summed E-state index contributed by atoms with van der Waals surface area (Å²) in [5, 5.41) is 9.92. The zero-order valence-corrected chi connectivity index (χ0v) is 18.5. The van der Waals surface area contributed by atoms with Crippen molar-refractivity contribution in [2.45, 2.75) is 124 Å². The number of carbonyl (C=O) groups excluding carboxylic acids is 1. The van der Waals surface area contributed by atoms with Crippen LogP contribution in [0, 0.1) is 6.92 Å². The van der Waals surface area contributed by atoms with E-state index < -0.39 is 0 Å². The van der Waals surface area contributed by atoms with Crippen LogP contribution in [0.25, 0.3) is 0 Å². The maximum Gasteiger partial charge on any atom is 0.311 e. The molecule has 0 unspecified atom stereocenters. The Bertz CT molecular complexity index is 533. The van der Waals surface area contributed by atoms with Gasteiger partial charge in [0.1, 0.15) is 5.76 Å². The van der Waals surface area contributed by atoms with Crippen LogP contribution in [0.4, 0.5) is 0 Å². The van der Waals surface area contributed by atoms with Crippen LogP contribution in [0.5, 0.6) is 11.5 Å². The molecule has 0 aliphatic carbocycles. The predicted octanol–water partition coefficient (Wildman–Crippen LogP) is 7.63. The molecule has 1 aromatic heterocycles. The molecule has 0 bridgehead atoms. The summed E-state index contributed by atoms with van der Waals surface area (Å²) in [4.78, 5) is 12.0. The summed E-state index contributed by atoms with van der Waals surface area (Å²) in [6.45, 7) is 5.84. The van der Waals surface area contributed by atoms with Gasteiger partial charge in [-0.15, -0.1) is 0 Å². The van der Waals surface area contributed by atoms with Crippen molar-refractivity contribution in [1.82, 2.24) is 0 Å². The largest absolute Gasteiger partial charge is 0.502 e. The monoisotopic (exact) mass is 394 g/mol. The van der Waals surface area contributed by atoms with Crippen LogP contribution in [0.15, 0.2) is 4.42 Å². The molecule has 0 saturated carbocycles. The maximum atomic E-state index is 12.0. The van der Waals surface area contributed by atoms with Gasteiger partial charge in [-0.05, 0) is 13.3 Å². The van der Waals surface area contributed by atoms with Gasteiger partial charge in [0.25, 0.3) is 0 Å². The summed E-state index contributed by atoms with van der Waals surface area (Å²) < 4.78 is 10.7. The minimum atomic E-state index is -0.287. The zero-order chi connectivity index (χ0) is 20.6. The molecule has 0 aliphatic heterocycles. The second-order valence-electron chi connectivity index (χ2n) is 7.93. The van der Waals surface area contributed by atoms with E-state index in [1.54, 1.807) is 6.92 Å². The van der Waals surface area contributed by atoms with E-state index in [1.807, 2.05) is 6.92 Å². The first-order valence-electron chi connectivity index (χ1n) is 11.6. The van der Waals surface area contributed by atoms with Crippen molar-refractivity contribution < 1.29 is 19.1 Å². The minimum absolute atomic E-state index is 0.0499. The number of aryl methyl sites for hydroxylation is 2. The number of esters is 1. The van der Waals surface area contributed by atoms with E-state index in [-0.39, 0.29) is 17.5 Å². The number of hydrogen-bond donors (Lipinski definition) is 1. The number of aromatic hydroxyl groups is 1. The fourth-order valence-electron chi connectivity index (χ4n) is 3.54. The molecule has 1 heterocycles. The van der Waals surface area contributed by atoms with Gasteiger partial charge >= 0.3 is 5.97 Å². The zero-order valence-electron chi connectivity index (χ0n) is 18.5. The third-order valence-electron chi connectivity index (χ3n) is 5.35. The predicted molar refractivity (Wildman–Crippen MR) is 115 cm³/mol. The van der Waals surface area contributed by atoms with Crippen molar-refractivity contribution in [2.24, 2.45) is 0 Å². The molecule has 162 valence electrons. The summed E-state index contributed by atoms with van der Waals surface area (Å²) >= 11 is 0. The van der Waals surface area contributed by atoms with E-state index in [0.717, 1.165) is 12.8 Å². The first kappa shape index (κ1) is 24.6. The Morgan fingerprint density at radius 1 is 0.821 bits per heavy atom. The number of unbranched alkanes of at least 4 members (excludes halogenated alkanes) is 13. The van der Waals surface area contributed by atoms with Crippen LogP contribution in [0.3, 0.4) is 0 Å². The van der Waals surface area contributed by atoms with Gasteiger partial charge in [-0.25, -0.2) is 0 Å². The van der Waals surface area contributed by atoms with E-state index in [9.17, 15) is 9.90 Å². The standard InChI is InChI=1S/C24H42O4/c1-4-6-7-8-9-10-11-12-13-14-15-16-17-18-19-22(25)28-24-21(5-2)27-20(3)23(24)26/h26H,4-19H2,1-3H3. The van der Waals surface area contributed by atoms with E-state index in [0.29, 0.717) is 24.4 Å². The molecule has 0 aromatic carbocycles. The first-order chi connectivity index (χ1) is 13.6. The Kier molecular flexibility index (Phi) is 13.6. The molecule has 0 atom stereocenters. The van der Waals surface area contributed by atoms with Gasteiger partial charge in [-0.1, -0.05) is 97.3 Å². The van der Waals surface area contributed by atoms with Crippen LogP contribution < -0.4 is 4.74 Å². The average Bonchev–Trinajstić information content (AvgIpc) is 2.96. The smallest absolute Gasteiger partial charge is 0.311 e. The maximum absolute atomic E-state index is 12.0. The van der Waals surface area contributed by atoms with Gasteiger partial charge in [0.2, 0.25) is 11.5 Å². The molecule has 0 aliphatic rings. The topological polar surface area (TPSA) is 59.7 Å². The van der Waals surface area contributed by atoms with Crippen LogP contribution in [-0.4, -0.2) is 11.1 Å². The van der Waals surface area contributed by atoms with E-state index >= 15 is 0 Å². The fourth-order valence-corrected chi connectivity index (χ4v) is 3.54. The lowest BCUT2D eigenvalue weighted by atomic mass is 10.0. The first-order valence-corrected chi connectivity index (χ1v) is 11.6. The van der Waals surface area contributed by atoms with Crippen molar-refractivity contribution in [1.29, 1.82) is 0 Å². The lowest BCUT2D eigenvalue weighted by Gasteiger charge is -2.05. The highest BCUT2D eigenvalue weighted by Gasteiger charge is 2.20. The van der Waals surface area contributed by atoms with Gasteiger partial charge < -0.3 is 14.3 Å². The summed E-state index contributed by atoms with van der Waals surface area (Å²) in [6, 6.07) is 0. The van der Waals surface area contributed by atoms with Crippen molar-refractivity contribution in [3.05, 3.63) is 11.5 Å². The molecule has 1 aromatic rings. The molecule has 28 heavy (non-hydrogen) atoms. The fraction of sp³-hybridized carbons (Fsp3) is 0.792. The summed E-state index contributed by atoms with van der Waals surface area (Å²) in [5.41, 5.74) is 0. The van der Waals surface area contributed by atoms with Gasteiger partial charge in [0.15, 0.2) is 5.76 Å². The molecule has 0 spiro atoms. The highest BCUT2D eigenvalue weighted by Crippen LogP contribution is 2.37. The van der Waals surface area contributed by atoms with Crippen LogP contribution >= 0.6 is 0 Å². The number of hydrogen-bond acceptors (Lipinski definition) is 4. The third kappa shape index (κ3) is 10.2. The Labute approximate surface area is 172 Å². The van der Waals surface area contributed by atoms with E-state index in [4.69, 9.17) is 9.15 Å². The molecule has 0 fully saturated rings. The van der Waals surface area contributed by atoms with Crippen LogP contribution in [0.1, 0.15) is 122 Å². The number of rotatable bonds is 17. The molecule has 4 nitrogen and oxygen atoms in total. The quantitative estimate of drug-likeness (QED) is 0.218. The highest BCUT2D eigenvalue weighted by atomic mass is 16.6. The van der Waals surface area contributed by atoms with Crippen LogP contribution in [-0.2, 0) is 11.2 Å². The second kappa shape index (κ2) is 15.5. The van der Waals surface area contributed by atoms with Crippen molar-refractivity contribution in [3.8, 4) is 11.5 Å². The molecule has 1 N–H and O–H groups in total. The Morgan fingerprint density at radius 2 is 1.29 bits per heavy atom.